The van der Waals surface area contributed by atoms with E-state index in [4.69, 9.17) is 11.5 Å². The number of nitrogens with one attached hydrogen (secondary N) is 1. The highest BCUT2D eigenvalue weighted by molar-refractivity contribution is 7.27. The zero-order chi connectivity index (χ0) is 26.6. The number of hydrogen-bond acceptors (Lipinski definition) is 8. The number of nitrogens with zero attached hydrogens (tertiary/aromatic N) is 6. The summed E-state index contributed by atoms with van der Waals surface area (Å²) < 4.78 is 29.6. The molecule has 0 saturated carbocycles. The Balaban J connectivity index is 1.70. The SMILES string of the molecule is CC(F)(F)C(=Nc1cnc(CCN)c2ccccc12)C(=CN)C(=O)Nc1cnc(-n2nccn2)c(P)c1. The van der Waals surface area contributed by atoms with E-state index in [-0.39, 0.29) is 11.4 Å². The average Bonchev–Trinajstić information content (AvgIpc) is 3.39. The van der Waals surface area contributed by atoms with Crippen LogP contribution in [0.2, 0.25) is 0 Å². The first-order valence-corrected chi connectivity index (χ1v) is 11.7. The zero-order valence-corrected chi connectivity index (χ0v) is 20.9. The van der Waals surface area contributed by atoms with Gasteiger partial charge in [0, 0.05) is 41.3 Å². The zero-order valence-electron chi connectivity index (χ0n) is 19.8. The average molecular weight is 523 g/mol. The highest BCUT2D eigenvalue weighted by Crippen LogP contribution is 2.31. The Labute approximate surface area is 213 Å². The topological polar surface area (TPSA) is 150 Å². The molecule has 1 aromatic carbocycles. The van der Waals surface area contributed by atoms with E-state index in [0.717, 1.165) is 17.3 Å². The van der Waals surface area contributed by atoms with Crippen LogP contribution in [0.1, 0.15) is 12.6 Å². The van der Waals surface area contributed by atoms with Gasteiger partial charge in [0.05, 0.1) is 41.7 Å². The summed E-state index contributed by atoms with van der Waals surface area (Å²) in [6.07, 6.45) is 7.05. The van der Waals surface area contributed by atoms with Crippen molar-refractivity contribution in [3.63, 3.8) is 0 Å². The number of benzene rings is 1. The predicted octanol–water partition coefficient (Wildman–Crippen LogP) is 2.42. The first kappa shape index (κ1) is 25.9. The van der Waals surface area contributed by atoms with Crippen LogP contribution in [0.5, 0.6) is 0 Å². The number of pyridine rings is 2. The summed E-state index contributed by atoms with van der Waals surface area (Å²) in [7, 11) is 2.46. The van der Waals surface area contributed by atoms with E-state index in [2.05, 4.69) is 39.7 Å². The number of fused-ring (bicyclic) bond motifs is 1. The molecule has 0 aliphatic heterocycles. The fourth-order valence-electron chi connectivity index (χ4n) is 3.67. The van der Waals surface area contributed by atoms with Crippen molar-refractivity contribution in [2.24, 2.45) is 16.5 Å². The van der Waals surface area contributed by atoms with E-state index in [1.165, 1.54) is 29.6 Å². The van der Waals surface area contributed by atoms with Crippen LogP contribution in [-0.2, 0) is 11.2 Å². The Morgan fingerprint density at radius 2 is 1.89 bits per heavy atom. The third-order valence-electron chi connectivity index (χ3n) is 5.31. The minimum atomic E-state index is -3.50. The molecule has 0 spiro atoms. The van der Waals surface area contributed by atoms with Crippen molar-refractivity contribution in [3.05, 3.63) is 72.6 Å². The van der Waals surface area contributed by atoms with Crippen LogP contribution in [0.15, 0.2) is 71.9 Å². The second kappa shape index (κ2) is 10.9. The Hall–Kier alpha value is -4.15. The number of rotatable bonds is 8. The Morgan fingerprint density at radius 1 is 1.19 bits per heavy atom. The number of hydrogen-bond donors (Lipinski definition) is 3. The second-order valence-electron chi connectivity index (χ2n) is 8.01. The molecule has 10 nitrogen and oxygen atoms in total. The molecule has 0 aliphatic carbocycles. The molecular weight excluding hydrogens is 499 g/mol. The summed E-state index contributed by atoms with van der Waals surface area (Å²) in [5, 5.41) is 12.5. The normalized spacial score (nSPS) is 12.7. The summed E-state index contributed by atoms with van der Waals surface area (Å²) >= 11 is 0. The molecule has 5 N–H and O–H groups in total. The van der Waals surface area contributed by atoms with Crippen molar-refractivity contribution in [1.82, 2.24) is 25.0 Å². The minimum Gasteiger partial charge on any atom is -0.404 e. The van der Waals surface area contributed by atoms with Gasteiger partial charge in [-0.25, -0.2) is 9.98 Å². The molecule has 4 rings (SSSR count). The van der Waals surface area contributed by atoms with Gasteiger partial charge in [0.2, 0.25) is 0 Å². The van der Waals surface area contributed by atoms with Gasteiger partial charge in [0.25, 0.3) is 11.8 Å². The molecule has 190 valence electrons. The second-order valence-corrected chi connectivity index (χ2v) is 8.64. The van der Waals surface area contributed by atoms with Crippen LogP contribution < -0.4 is 22.1 Å². The maximum Gasteiger partial charge on any atom is 0.287 e. The maximum atomic E-state index is 14.8. The Bertz CT molecular complexity index is 1500. The maximum absolute atomic E-state index is 14.8. The number of anilines is 1. The van der Waals surface area contributed by atoms with Gasteiger partial charge in [0.15, 0.2) is 5.82 Å². The van der Waals surface area contributed by atoms with Crippen molar-refractivity contribution in [2.75, 3.05) is 11.9 Å². The fraction of sp³-hybridized carbons (Fsp3) is 0.167. The van der Waals surface area contributed by atoms with Crippen LogP contribution >= 0.6 is 9.24 Å². The molecule has 1 unspecified atom stereocenters. The summed E-state index contributed by atoms with van der Waals surface area (Å²) in [5.41, 5.74) is 11.2. The quantitative estimate of drug-likeness (QED) is 0.182. The molecule has 1 amide bonds. The molecule has 0 radical (unpaired) electrons. The van der Waals surface area contributed by atoms with Crippen molar-refractivity contribution in [2.45, 2.75) is 19.3 Å². The molecule has 3 heterocycles. The third-order valence-corrected chi connectivity index (χ3v) is 5.74. The molecule has 37 heavy (non-hydrogen) atoms. The molecular formula is C24H24F2N9OP. The van der Waals surface area contributed by atoms with Gasteiger partial charge < -0.3 is 16.8 Å². The largest absolute Gasteiger partial charge is 0.404 e. The number of alkyl halides is 2. The van der Waals surface area contributed by atoms with Gasteiger partial charge >= 0.3 is 0 Å². The van der Waals surface area contributed by atoms with Crippen molar-refractivity contribution in [1.29, 1.82) is 0 Å². The van der Waals surface area contributed by atoms with Gasteiger partial charge in [0.1, 0.15) is 5.71 Å². The predicted molar refractivity (Wildman–Crippen MR) is 142 cm³/mol. The lowest BCUT2D eigenvalue weighted by atomic mass is 10.0. The van der Waals surface area contributed by atoms with Gasteiger partial charge in [-0.2, -0.15) is 19.0 Å². The van der Waals surface area contributed by atoms with E-state index < -0.39 is 23.1 Å². The highest BCUT2D eigenvalue weighted by atomic mass is 31.0. The smallest absolute Gasteiger partial charge is 0.287 e. The lowest BCUT2D eigenvalue weighted by molar-refractivity contribution is -0.112. The molecule has 0 aliphatic rings. The van der Waals surface area contributed by atoms with Gasteiger partial charge in [-0.3, -0.25) is 9.78 Å². The number of carbonyl (C=O) groups excluding carboxylic acids is 1. The molecule has 4 aromatic rings. The lowest BCUT2D eigenvalue weighted by Crippen LogP contribution is -2.33. The third kappa shape index (κ3) is 5.65. The van der Waals surface area contributed by atoms with Gasteiger partial charge in [-0.1, -0.05) is 24.3 Å². The number of aliphatic imine (C=N–C) groups is 1. The monoisotopic (exact) mass is 523 g/mol. The minimum absolute atomic E-state index is 0.171. The number of amides is 1. The van der Waals surface area contributed by atoms with E-state index in [0.29, 0.717) is 36.4 Å². The standard InChI is InChI=1S/C24H24F2N9OP/c1-24(25,26)21(34-19-13-29-18(6-7-27)15-4-2-3-5-16(15)19)17(11-28)23(36)33-14-10-20(37)22(30-12-14)35-31-8-9-32-35/h2-5,8-13H,6-7,27-28,37H2,1H3,(H,33,36). The van der Waals surface area contributed by atoms with Crippen LogP contribution in [0, 0.1) is 0 Å². The van der Waals surface area contributed by atoms with Crippen molar-refractivity contribution in [3.8, 4) is 5.82 Å². The van der Waals surface area contributed by atoms with Crippen LogP contribution in [0.25, 0.3) is 16.6 Å². The molecule has 0 saturated heterocycles. The van der Waals surface area contributed by atoms with E-state index in [1.54, 1.807) is 18.2 Å². The van der Waals surface area contributed by atoms with Crippen molar-refractivity contribution >= 4 is 48.3 Å². The van der Waals surface area contributed by atoms with Crippen LogP contribution in [0.3, 0.4) is 0 Å². The van der Waals surface area contributed by atoms with E-state index in [9.17, 15) is 13.6 Å². The van der Waals surface area contributed by atoms with E-state index in [1.807, 2.05) is 12.1 Å². The van der Waals surface area contributed by atoms with Crippen LogP contribution in [0.4, 0.5) is 20.2 Å². The lowest BCUT2D eigenvalue weighted by Gasteiger charge is -2.18. The summed E-state index contributed by atoms with van der Waals surface area (Å²) in [4.78, 5) is 27.2. The van der Waals surface area contributed by atoms with Crippen LogP contribution in [-0.4, -0.2) is 49.0 Å². The highest BCUT2D eigenvalue weighted by Gasteiger charge is 2.35. The summed E-state index contributed by atoms with van der Waals surface area (Å²) in [5.74, 6) is -3.96. The Kier molecular flexibility index (Phi) is 7.61. The van der Waals surface area contributed by atoms with Gasteiger partial charge in [-0.15, -0.1) is 14.0 Å². The molecule has 13 heteroatoms. The summed E-state index contributed by atoms with van der Waals surface area (Å²) in [6, 6.07) is 8.72. The Morgan fingerprint density at radius 3 is 2.51 bits per heavy atom. The van der Waals surface area contributed by atoms with Gasteiger partial charge in [-0.05, 0) is 12.6 Å². The van der Waals surface area contributed by atoms with Crippen molar-refractivity contribution < 1.29 is 13.6 Å². The molecule has 1 atom stereocenters. The molecule has 3 aromatic heterocycles. The number of halogens is 2. The number of nitrogens with two attached hydrogens (primary N) is 2. The number of carbonyl (C=O) groups is 1. The molecule has 0 fully saturated rings. The van der Waals surface area contributed by atoms with E-state index >= 15 is 0 Å². The first-order chi connectivity index (χ1) is 17.7. The first-order valence-electron chi connectivity index (χ1n) is 11.1. The summed E-state index contributed by atoms with van der Waals surface area (Å²) in [6.45, 7) is 1.03. The molecule has 0 bridgehead atoms. The number of aromatic nitrogens is 5. The fourth-order valence-corrected chi connectivity index (χ4v) is 4.04.